The number of hydrogen-bond donors (Lipinski definition) is 5. The minimum absolute atomic E-state index is 0.0464. The van der Waals surface area contributed by atoms with Gasteiger partial charge in [0.15, 0.2) is 0 Å². The van der Waals surface area contributed by atoms with E-state index in [1.165, 1.54) is 28.7 Å². The van der Waals surface area contributed by atoms with Crippen molar-refractivity contribution >= 4 is 32.0 Å². The van der Waals surface area contributed by atoms with Gasteiger partial charge in [-0.3, -0.25) is 0 Å². The van der Waals surface area contributed by atoms with Crippen molar-refractivity contribution in [3.8, 4) is 5.75 Å². The van der Waals surface area contributed by atoms with E-state index in [-0.39, 0.29) is 37.7 Å². The number of nitrogens with one attached hydrogen (secondary N) is 1. The second kappa shape index (κ2) is 10.9. The predicted molar refractivity (Wildman–Crippen MR) is 111 cm³/mol. The molecule has 8 nitrogen and oxygen atoms in total. The quantitative estimate of drug-likeness (QED) is 0.303. The van der Waals surface area contributed by atoms with E-state index in [4.69, 9.17) is 9.47 Å². The number of aryl methyl sites for hydroxylation is 1. The smallest absolute Gasteiger partial charge is 0.394 e. The number of hydrogen-bond acceptors (Lipinski definition) is 7. The van der Waals surface area contributed by atoms with Gasteiger partial charge in [0.25, 0.3) is 0 Å². The summed E-state index contributed by atoms with van der Waals surface area (Å²) < 4.78 is 28.6. The standard InChI is InChI=1S/C21H26FNO7Te/c1-11(22)14-9-12(23-17(25)7-5-13-3-2-8-31-13)4-6-15(14)29-21-20(28)19(27)18(26)16(10-24)30-21/h2-4,6,8-9,11,16,18-21,24,26-28H,5,7,10H2,1H3,(H,23,25)/t11?,16-,18+,19+,20-,21-/m1/s1. The van der Waals surface area contributed by atoms with Crippen LogP contribution in [0, 0.1) is 0 Å². The van der Waals surface area contributed by atoms with Crippen molar-refractivity contribution in [1.82, 2.24) is 0 Å². The average Bonchev–Trinajstić information content (AvgIpc) is 3.27. The van der Waals surface area contributed by atoms with Crippen LogP contribution in [-0.4, -0.2) is 84.1 Å². The van der Waals surface area contributed by atoms with Gasteiger partial charge in [-0.1, -0.05) is 0 Å². The summed E-state index contributed by atoms with van der Waals surface area (Å²) in [5, 5.41) is 41.9. The summed E-state index contributed by atoms with van der Waals surface area (Å²) in [6.45, 7) is 0.697. The minimum Gasteiger partial charge on any atom is -0.394 e. The van der Waals surface area contributed by atoms with Crippen LogP contribution >= 0.6 is 0 Å². The first-order chi connectivity index (χ1) is 14.8. The zero-order valence-corrected chi connectivity index (χ0v) is 19.2. The van der Waals surface area contributed by atoms with Crippen LogP contribution < -0.4 is 10.1 Å². The van der Waals surface area contributed by atoms with Gasteiger partial charge in [-0.25, -0.2) is 0 Å². The van der Waals surface area contributed by atoms with Crippen LogP contribution in [0.2, 0.25) is 0 Å². The predicted octanol–water partition coefficient (Wildman–Crippen LogP) is 0.524. The first-order valence-corrected chi connectivity index (χ1v) is 12.4. The monoisotopic (exact) mass is 553 g/mol. The Morgan fingerprint density at radius 1 is 1.26 bits per heavy atom. The molecule has 1 aliphatic rings. The van der Waals surface area contributed by atoms with Gasteiger partial charge in [-0.15, -0.1) is 0 Å². The van der Waals surface area contributed by atoms with Crippen LogP contribution in [0.4, 0.5) is 10.1 Å². The molecule has 1 amide bonds. The number of alkyl halides is 1. The number of carbonyl (C=O) groups excluding carboxylic acids is 1. The molecule has 1 aliphatic heterocycles. The molecule has 0 radical (unpaired) electrons. The van der Waals surface area contributed by atoms with E-state index < -0.39 is 43.5 Å². The Morgan fingerprint density at radius 3 is 2.68 bits per heavy atom. The number of aliphatic hydroxyl groups is 4. The minimum atomic E-state index is -1.61. The molecule has 1 aromatic carbocycles. The number of ether oxygens (including phenoxy) is 2. The summed E-state index contributed by atoms with van der Waals surface area (Å²) in [6.07, 6.45) is -7.72. The number of amides is 1. The molecule has 0 saturated carbocycles. The van der Waals surface area contributed by atoms with Gasteiger partial charge >= 0.3 is 144 Å². The second-order valence-corrected chi connectivity index (χ2v) is 10.3. The van der Waals surface area contributed by atoms with Gasteiger partial charge in [-0.2, -0.15) is 0 Å². The molecule has 31 heavy (non-hydrogen) atoms. The Morgan fingerprint density at radius 2 is 2.03 bits per heavy atom. The summed E-state index contributed by atoms with van der Waals surface area (Å²) in [5.41, 5.74) is 0.519. The van der Waals surface area contributed by atoms with Gasteiger partial charge < -0.3 is 20.4 Å². The molecule has 170 valence electrons. The average molecular weight is 551 g/mol. The Hall–Kier alpha value is -1.51. The molecule has 10 heteroatoms. The molecular weight excluding hydrogens is 525 g/mol. The summed E-state index contributed by atoms with van der Waals surface area (Å²) >= 11 is -0.279. The molecule has 3 rings (SSSR count). The first-order valence-electron chi connectivity index (χ1n) is 9.87. The molecule has 0 bridgehead atoms. The van der Waals surface area contributed by atoms with E-state index in [0.717, 1.165) is 0 Å². The number of carbonyl (C=O) groups is 1. The molecule has 1 aromatic heterocycles. The number of aliphatic hydroxyl groups excluding tert-OH is 4. The molecule has 1 fully saturated rings. The van der Waals surface area contributed by atoms with Crippen molar-refractivity contribution in [3.63, 3.8) is 0 Å². The van der Waals surface area contributed by atoms with E-state index >= 15 is 0 Å². The fourth-order valence-electron chi connectivity index (χ4n) is 3.25. The molecule has 0 spiro atoms. The third-order valence-corrected chi connectivity index (χ3v) is 7.66. The number of halogens is 1. The number of benzene rings is 1. The summed E-state index contributed by atoms with van der Waals surface area (Å²) in [7, 11) is 0. The van der Waals surface area contributed by atoms with Crippen LogP contribution in [0.1, 0.15) is 28.7 Å². The Labute approximate surface area is 188 Å². The van der Waals surface area contributed by atoms with Crippen molar-refractivity contribution in [1.29, 1.82) is 0 Å². The Bertz CT molecular complexity index is 861. The van der Waals surface area contributed by atoms with Crippen molar-refractivity contribution in [3.05, 3.63) is 43.6 Å². The SMILES string of the molecule is CC(F)c1cc(NC(=O)CCc2ccc[te]2)ccc1O[C@@H]1O[C@H](CO)[C@H](O)[C@H](O)[C@H]1O. The van der Waals surface area contributed by atoms with Crippen LogP contribution in [0.5, 0.6) is 5.75 Å². The van der Waals surface area contributed by atoms with Crippen molar-refractivity contribution in [2.24, 2.45) is 0 Å². The maximum atomic E-state index is 14.3. The third-order valence-electron chi connectivity index (χ3n) is 4.99. The molecule has 5 N–H and O–H groups in total. The topological polar surface area (TPSA) is 128 Å². The molecule has 2 heterocycles. The Kier molecular flexibility index (Phi) is 8.47. The number of rotatable bonds is 8. The Balaban J connectivity index is 1.69. The maximum absolute atomic E-state index is 14.3. The summed E-state index contributed by atoms with van der Waals surface area (Å²) in [4.78, 5) is 12.2. The van der Waals surface area contributed by atoms with Crippen LogP contribution in [0.25, 0.3) is 0 Å². The van der Waals surface area contributed by atoms with Crippen molar-refractivity contribution < 1.29 is 39.1 Å². The first kappa shape index (κ1) is 24.1. The summed E-state index contributed by atoms with van der Waals surface area (Å²) in [5.74, 6) is -0.134. The van der Waals surface area contributed by atoms with Gasteiger partial charge in [0.1, 0.15) is 18.3 Å². The van der Waals surface area contributed by atoms with Crippen molar-refractivity contribution in [2.45, 2.75) is 56.6 Å². The molecule has 6 atom stereocenters. The zero-order chi connectivity index (χ0) is 22.5. The van der Waals surface area contributed by atoms with Gasteiger partial charge in [0, 0.05) is 0 Å². The summed E-state index contributed by atoms with van der Waals surface area (Å²) in [6, 6.07) is 8.46. The molecule has 0 aliphatic carbocycles. The van der Waals surface area contributed by atoms with E-state index in [0.29, 0.717) is 18.5 Å². The molecular formula is C21H26FNO7Te. The van der Waals surface area contributed by atoms with Gasteiger partial charge in [0.2, 0.25) is 0 Å². The van der Waals surface area contributed by atoms with E-state index in [2.05, 4.69) is 9.40 Å². The van der Waals surface area contributed by atoms with Crippen LogP contribution in [0.15, 0.2) is 34.4 Å². The van der Waals surface area contributed by atoms with Gasteiger partial charge in [0.05, 0.1) is 6.61 Å². The fraction of sp³-hybridized carbons (Fsp3) is 0.476. The molecule has 1 saturated heterocycles. The normalized spacial score (nSPS) is 27.0. The zero-order valence-electron chi connectivity index (χ0n) is 16.8. The van der Waals surface area contributed by atoms with E-state index in [1.54, 1.807) is 0 Å². The van der Waals surface area contributed by atoms with Gasteiger partial charge in [-0.05, 0) is 0 Å². The molecule has 2 aromatic rings. The fourth-order valence-corrected chi connectivity index (χ4v) is 5.27. The van der Waals surface area contributed by atoms with E-state index in [9.17, 15) is 29.6 Å². The third kappa shape index (κ3) is 6.05. The second-order valence-electron chi connectivity index (χ2n) is 7.31. The van der Waals surface area contributed by atoms with Crippen molar-refractivity contribution in [2.75, 3.05) is 11.9 Å². The number of anilines is 1. The van der Waals surface area contributed by atoms with E-state index in [1.807, 2.05) is 12.1 Å². The van der Waals surface area contributed by atoms with Crippen LogP contribution in [0.3, 0.4) is 0 Å². The van der Waals surface area contributed by atoms with Crippen LogP contribution in [-0.2, 0) is 16.0 Å². The molecule has 1 unspecified atom stereocenters.